The van der Waals surface area contributed by atoms with E-state index in [0.717, 1.165) is 37.3 Å². The fourth-order valence-electron chi connectivity index (χ4n) is 2.05. The van der Waals surface area contributed by atoms with Crippen LogP contribution in [-0.4, -0.2) is 11.8 Å². The zero-order valence-corrected chi connectivity index (χ0v) is 11.3. The molecule has 0 bridgehead atoms. The van der Waals surface area contributed by atoms with Gasteiger partial charge in [-0.05, 0) is 36.4 Å². The lowest BCUT2D eigenvalue weighted by molar-refractivity contribution is 0.174. The molecule has 3 nitrogen and oxygen atoms in total. The molecule has 0 spiro atoms. The van der Waals surface area contributed by atoms with Gasteiger partial charge in [-0.2, -0.15) is 0 Å². The van der Waals surface area contributed by atoms with Crippen molar-refractivity contribution in [3.05, 3.63) is 41.4 Å². The van der Waals surface area contributed by atoms with Gasteiger partial charge in [0.05, 0.1) is 10.2 Å². The molecule has 1 aliphatic heterocycles. The summed E-state index contributed by atoms with van der Waals surface area (Å²) < 4.78 is 11.8. The summed E-state index contributed by atoms with van der Waals surface area (Å²) in [6.07, 6.45) is 0. The van der Waals surface area contributed by atoms with Crippen LogP contribution in [-0.2, 0) is 0 Å². The van der Waals surface area contributed by atoms with E-state index >= 15 is 0 Å². The molecule has 2 aromatic carbocycles. The van der Waals surface area contributed by atoms with Gasteiger partial charge in [0.15, 0.2) is 11.5 Å². The summed E-state index contributed by atoms with van der Waals surface area (Å²) in [5, 5.41) is 1.68. The van der Waals surface area contributed by atoms with Crippen LogP contribution in [0.3, 0.4) is 0 Å². The van der Waals surface area contributed by atoms with Crippen molar-refractivity contribution in [2.75, 3.05) is 6.79 Å². The van der Waals surface area contributed by atoms with Crippen molar-refractivity contribution >= 4 is 33.2 Å². The van der Waals surface area contributed by atoms with Crippen LogP contribution in [0.5, 0.6) is 11.5 Å². The molecule has 0 saturated carbocycles. The van der Waals surface area contributed by atoms with E-state index in [1.54, 1.807) is 11.3 Å². The normalized spacial score (nSPS) is 13.1. The summed E-state index contributed by atoms with van der Waals surface area (Å²) in [6.45, 7) is 0.286. The van der Waals surface area contributed by atoms with Gasteiger partial charge in [0.25, 0.3) is 0 Å². The Morgan fingerprint density at radius 3 is 2.89 bits per heavy atom. The first-order chi connectivity index (χ1) is 9.29. The van der Waals surface area contributed by atoms with Gasteiger partial charge in [-0.25, -0.2) is 4.98 Å². The van der Waals surface area contributed by atoms with Crippen molar-refractivity contribution in [2.24, 2.45) is 0 Å². The van der Waals surface area contributed by atoms with Crippen molar-refractivity contribution in [3.63, 3.8) is 0 Å². The summed E-state index contributed by atoms with van der Waals surface area (Å²) in [5.74, 6) is 1.56. The Balaban J connectivity index is 1.85. The third-order valence-corrected chi connectivity index (χ3v) is 4.27. The first-order valence-electron chi connectivity index (χ1n) is 5.76. The highest BCUT2D eigenvalue weighted by atomic mass is 35.5. The van der Waals surface area contributed by atoms with Gasteiger partial charge in [-0.1, -0.05) is 11.6 Å². The van der Waals surface area contributed by atoms with Crippen LogP contribution in [0, 0.1) is 0 Å². The molecule has 3 aromatic rings. The summed E-state index contributed by atoms with van der Waals surface area (Å²) in [6, 6.07) is 11.6. The lowest BCUT2D eigenvalue weighted by atomic mass is 10.2. The van der Waals surface area contributed by atoms with Crippen molar-refractivity contribution in [2.45, 2.75) is 0 Å². The minimum atomic E-state index is 0.286. The second-order valence-corrected chi connectivity index (χ2v) is 5.67. The van der Waals surface area contributed by atoms with Gasteiger partial charge >= 0.3 is 0 Å². The minimum absolute atomic E-state index is 0.286. The topological polar surface area (TPSA) is 31.4 Å². The Bertz CT molecular complexity index is 784. The monoisotopic (exact) mass is 289 g/mol. The Morgan fingerprint density at radius 2 is 1.95 bits per heavy atom. The summed E-state index contributed by atoms with van der Waals surface area (Å²) in [5.41, 5.74) is 1.99. The van der Waals surface area contributed by atoms with Crippen LogP contribution in [0.1, 0.15) is 0 Å². The van der Waals surface area contributed by atoms with Crippen molar-refractivity contribution in [1.82, 2.24) is 4.98 Å². The molecule has 0 saturated heterocycles. The molecule has 94 valence electrons. The van der Waals surface area contributed by atoms with Crippen LogP contribution in [0.4, 0.5) is 0 Å². The molecule has 0 aliphatic carbocycles. The predicted molar refractivity (Wildman–Crippen MR) is 76.2 cm³/mol. The van der Waals surface area contributed by atoms with Gasteiger partial charge in [0, 0.05) is 10.6 Å². The van der Waals surface area contributed by atoms with Gasteiger partial charge in [0.2, 0.25) is 6.79 Å². The summed E-state index contributed by atoms with van der Waals surface area (Å²) >= 11 is 7.61. The highest BCUT2D eigenvalue weighted by Crippen LogP contribution is 2.38. The standard InChI is InChI=1S/C14H8ClNO2S/c15-9-2-3-10-13(6-9)19-14(16-10)8-1-4-11-12(5-8)18-7-17-11/h1-6H,7H2. The maximum absolute atomic E-state index is 5.99. The number of hydrogen-bond donors (Lipinski definition) is 0. The lowest BCUT2D eigenvalue weighted by Crippen LogP contribution is -1.92. The summed E-state index contributed by atoms with van der Waals surface area (Å²) in [4.78, 5) is 4.61. The number of thiazole rings is 1. The number of ether oxygens (including phenoxy) is 2. The van der Waals surface area contributed by atoms with Crippen LogP contribution >= 0.6 is 22.9 Å². The molecule has 2 heterocycles. The molecule has 0 unspecified atom stereocenters. The number of hydrogen-bond acceptors (Lipinski definition) is 4. The largest absolute Gasteiger partial charge is 0.454 e. The zero-order valence-electron chi connectivity index (χ0n) is 9.72. The third kappa shape index (κ3) is 1.84. The quantitative estimate of drug-likeness (QED) is 0.667. The van der Waals surface area contributed by atoms with Gasteiger partial charge in [0.1, 0.15) is 5.01 Å². The second-order valence-electron chi connectivity index (χ2n) is 4.20. The highest BCUT2D eigenvalue weighted by molar-refractivity contribution is 7.21. The number of fused-ring (bicyclic) bond motifs is 2. The number of aromatic nitrogens is 1. The molecule has 0 amide bonds. The molecular formula is C14H8ClNO2S. The van der Waals surface area contributed by atoms with Crippen LogP contribution < -0.4 is 9.47 Å². The fraction of sp³-hybridized carbons (Fsp3) is 0.0714. The smallest absolute Gasteiger partial charge is 0.231 e. The Kier molecular flexibility index (Phi) is 2.40. The lowest BCUT2D eigenvalue weighted by Gasteiger charge is -1.98. The molecule has 0 N–H and O–H groups in total. The molecule has 1 aliphatic rings. The summed E-state index contributed by atoms with van der Waals surface area (Å²) in [7, 11) is 0. The first kappa shape index (κ1) is 11.1. The average molecular weight is 290 g/mol. The zero-order chi connectivity index (χ0) is 12.8. The van der Waals surface area contributed by atoms with Crippen LogP contribution in [0.2, 0.25) is 5.02 Å². The fourth-order valence-corrected chi connectivity index (χ4v) is 3.29. The molecule has 0 radical (unpaired) electrons. The number of benzene rings is 2. The van der Waals surface area contributed by atoms with E-state index in [2.05, 4.69) is 4.98 Å². The Hall–Kier alpha value is -1.78. The van der Waals surface area contributed by atoms with Crippen molar-refractivity contribution in [3.8, 4) is 22.1 Å². The molecular weight excluding hydrogens is 282 g/mol. The molecule has 0 fully saturated rings. The van der Waals surface area contributed by atoms with E-state index in [0.29, 0.717) is 0 Å². The highest BCUT2D eigenvalue weighted by Gasteiger charge is 2.15. The molecule has 0 atom stereocenters. The van der Waals surface area contributed by atoms with E-state index in [1.807, 2.05) is 36.4 Å². The predicted octanol–water partition coefficient (Wildman–Crippen LogP) is 4.35. The Labute approximate surface area is 118 Å². The minimum Gasteiger partial charge on any atom is -0.454 e. The van der Waals surface area contributed by atoms with E-state index in [-0.39, 0.29) is 6.79 Å². The third-order valence-electron chi connectivity index (χ3n) is 2.97. The first-order valence-corrected chi connectivity index (χ1v) is 6.95. The van der Waals surface area contributed by atoms with E-state index in [9.17, 15) is 0 Å². The van der Waals surface area contributed by atoms with E-state index in [4.69, 9.17) is 21.1 Å². The van der Waals surface area contributed by atoms with Crippen molar-refractivity contribution < 1.29 is 9.47 Å². The van der Waals surface area contributed by atoms with E-state index < -0.39 is 0 Å². The molecule has 5 heteroatoms. The van der Waals surface area contributed by atoms with Gasteiger partial charge in [-0.15, -0.1) is 11.3 Å². The maximum atomic E-state index is 5.99. The molecule has 19 heavy (non-hydrogen) atoms. The van der Waals surface area contributed by atoms with Crippen LogP contribution in [0.25, 0.3) is 20.8 Å². The molecule has 4 rings (SSSR count). The Morgan fingerprint density at radius 1 is 1.05 bits per heavy atom. The number of halogens is 1. The molecule has 1 aromatic heterocycles. The maximum Gasteiger partial charge on any atom is 0.231 e. The van der Waals surface area contributed by atoms with Crippen molar-refractivity contribution in [1.29, 1.82) is 0 Å². The average Bonchev–Trinajstić information content (AvgIpc) is 3.02. The van der Waals surface area contributed by atoms with E-state index in [1.165, 1.54) is 0 Å². The van der Waals surface area contributed by atoms with Gasteiger partial charge in [-0.3, -0.25) is 0 Å². The second kappa shape index (κ2) is 4.11. The van der Waals surface area contributed by atoms with Gasteiger partial charge < -0.3 is 9.47 Å². The number of nitrogens with zero attached hydrogens (tertiary/aromatic N) is 1. The SMILES string of the molecule is Clc1ccc2nc(-c3ccc4c(c3)OCO4)sc2c1. The van der Waals surface area contributed by atoms with Crippen LogP contribution in [0.15, 0.2) is 36.4 Å². The number of rotatable bonds is 1.